The van der Waals surface area contributed by atoms with Crippen molar-refractivity contribution in [2.45, 2.75) is 18.3 Å². The monoisotopic (exact) mass is 267 g/mol. The van der Waals surface area contributed by atoms with E-state index in [2.05, 4.69) is 4.74 Å². The highest BCUT2D eigenvalue weighted by Crippen LogP contribution is 2.30. The number of halogens is 2. The first-order valence-corrected chi connectivity index (χ1v) is 5.58. The van der Waals surface area contributed by atoms with Gasteiger partial charge in [-0.2, -0.15) is 8.78 Å². The van der Waals surface area contributed by atoms with E-state index in [0.717, 1.165) is 17.7 Å². The van der Waals surface area contributed by atoms with Crippen molar-refractivity contribution in [3.05, 3.63) is 70.3 Å². The van der Waals surface area contributed by atoms with Crippen LogP contribution in [-0.2, 0) is 4.74 Å². The second-order valence-corrected chi connectivity index (χ2v) is 4.04. The molecule has 1 aliphatic rings. The Hall–Kier alpha value is -2.08. The van der Waals surface area contributed by atoms with Crippen molar-refractivity contribution in [2.75, 3.05) is 0 Å². The molecule has 19 heavy (non-hydrogen) atoms. The number of rotatable bonds is 4. The van der Waals surface area contributed by atoms with Gasteiger partial charge in [-0.1, -0.05) is 42.5 Å². The predicted octanol–water partition coefficient (Wildman–Crippen LogP) is 3.11. The van der Waals surface area contributed by atoms with Crippen molar-refractivity contribution in [1.29, 1.82) is 0 Å². The fourth-order valence-electron chi connectivity index (χ4n) is 1.89. The highest BCUT2D eigenvalue weighted by molar-refractivity contribution is 5.33. The van der Waals surface area contributed by atoms with E-state index in [4.69, 9.17) is 0 Å². The molecule has 2 rings (SSSR count). The van der Waals surface area contributed by atoms with Crippen LogP contribution in [0.5, 0.6) is 0 Å². The van der Waals surface area contributed by atoms with Gasteiger partial charge in [0.15, 0.2) is 0 Å². The summed E-state index contributed by atoms with van der Waals surface area (Å²) < 4.78 is 28.6. The molecule has 0 aromatic heterocycles. The molecule has 0 N–H and O–H groups in total. The fraction of sp³-hybridized carbons (Fsp3) is 0.231. The maximum atomic E-state index is 12.3. The van der Waals surface area contributed by atoms with E-state index in [-0.39, 0.29) is 5.92 Å². The Labute approximate surface area is 108 Å². The summed E-state index contributed by atoms with van der Waals surface area (Å²) in [4.78, 5) is 10.0. The molecule has 0 unspecified atom stereocenters. The Kier molecular flexibility index (Phi) is 3.71. The summed E-state index contributed by atoms with van der Waals surface area (Å²) in [5, 5.41) is 10.9. The van der Waals surface area contributed by atoms with Gasteiger partial charge in [0.05, 0.1) is 4.92 Å². The first kappa shape index (κ1) is 13.4. The second kappa shape index (κ2) is 5.27. The van der Waals surface area contributed by atoms with Crippen molar-refractivity contribution >= 4 is 0 Å². The molecule has 0 saturated heterocycles. The van der Waals surface area contributed by atoms with Crippen LogP contribution in [0.3, 0.4) is 0 Å². The van der Waals surface area contributed by atoms with Crippen LogP contribution in [-0.4, -0.2) is 17.3 Å². The Bertz CT molecular complexity index is 500. The summed E-state index contributed by atoms with van der Waals surface area (Å²) in [6.07, 6.45) is 5.08. The molecule has 6 heteroatoms. The Morgan fingerprint density at radius 1 is 1.21 bits per heavy atom. The highest BCUT2D eigenvalue weighted by atomic mass is 19.3. The largest absolute Gasteiger partial charge is 0.368 e. The third-order valence-corrected chi connectivity index (χ3v) is 2.83. The minimum absolute atomic E-state index is 0.185. The molecule has 1 aromatic rings. The van der Waals surface area contributed by atoms with Crippen molar-refractivity contribution in [3.63, 3.8) is 0 Å². The quantitative estimate of drug-likeness (QED) is 0.364. The Morgan fingerprint density at radius 3 is 2.26 bits per heavy atom. The zero-order valence-corrected chi connectivity index (χ0v) is 9.78. The summed E-state index contributed by atoms with van der Waals surface area (Å²) in [5.74, 6) is -0.185. The maximum absolute atomic E-state index is 12.3. The number of nitro groups is 1. The molecule has 0 atom stereocenters. The number of hydrogen-bond donors (Lipinski definition) is 0. The molecule has 0 spiro atoms. The standard InChI is InChI=1S/C13H11F2NO3/c14-12(15)19-13(16(17)18)8-6-11(7-9-13)10-4-2-1-3-5-10/h1-9,11-12H. The number of ether oxygens (including phenoxy) is 1. The summed E-state index contributed by atoms with van der Waals surface area (Å²) in [7, 11) is 0. The fourth-order valence-corrected chi connectivity index (χ4v) is 1.89. The molecule has 0 bridgehead atoms. The first-order valence-electron chi connectivity index (χ1n) is 5.58. The molecular formula is C13H11F2NO3. The van der Waals surface area contributed by atoms with Crippen molar-refractivity contribution < 1.29 is 18.4 Å². The Morgan fingerprint density at radius 2 is 1.79 bits per heavy atom. The lowest BCUT2D eigenvalue weighted by Crippen LogP contribution is -2.40. The van der Waals surface area contributed by atoms with Gasteiger partial charge in [-0.05, 0) is 5.56 Å². The summed E-state index contributed by atoms with van der Waals surface area (Å²) >= 11 is 0. The van der Waals surface area contributed by atoms with Crippen molar-refractivity contribution in [3.8, 4) is 0 Å². The van der Waals surface area contributed by atoms with Gasteiger partial charge in [0.2, 0.25) is 0 Å². The van der Waals surface area contributed by atoms with Gasteiger partial charge in [-0.3, -0.25) is 10.1 Å². The average molecular weight is 267 g/mol. The van der Waals surface area contributed by atoms with E-state index in [1.165, 1.54) is 12.2 Å². The number of nitrogens with zero attached hydrogens (tertiary/aromatic N) is 1. The predicted molar refractivity (Wildman–Crippen MR) is 64.3 cm³/mol. The molecule has 0 amide bonds. The third kappa shape index (κ3) is 2.85. The van der Waals surface area contributed by atoms with Crippen LogP contribution in [0.4, 0.5) is 8.78 Å². The van der Waals surface area contributed by atoms with Gasteiger partial charge in [-0.15, -0.1) is 0 Å². The number of benzene rings is 1. The summed E-state index contributed by atoms with van der Waals surface area (Å²) in [6, 6.07) is 9.23. The van der Waals surface area contributed by atoms with E-state index in [1.54, 1.807) is 0 Å². The molecule has 0 saturated carbocycles. The zero-order valence-electron chi connectivity index (χ0n) is 9.78. The molecule has 100 valence electrons. The van der Waals surface area contributed by atoms with Gasteiger partial charge in [0.1, 0.15) is 0 Å². The van der Waals surface area contributed by atoms with Gasteiger partial charge < -0.3 is 0 Å². The van der Waals surface area contributed by atoms with Gasteiger partial charge in [0.25, 0.3) is 0 Å². The van der Waals surface area contributed by atoms with E-state index in [1.807, 2.05) is 30.3 Å². The minimum Gasteiger partial charge on any atom is -0.261 e. The molecule has 1 aromatic carbocycles. The zero-order chi connectivity index (χ0) is 13.9. The lowest BCUT2D eigenvalue weighted by Gasteiger charge is -2.22. The highest BCUT2D eigenvalue weighted by Gasteiger charge is 2.43. The molecule has 1 aliphatic carbocycles. The third-order valence-electron chi connectivity index (χ3n) is 2.83. The van der Waals surface area contributed by atoms with Crippen LogP contribution in [0.1, 0.15) is 11.5 Å². The number of alkyl halides is 2. The van der Waals surface area contributed by atoms with Crippen LogP contribution >= 0.6 is 0 Å². The van der Waals surface area contributed by atoms with Gasteiger partial charge in [-0.25, -0.2) is 4.74 Å². The van der Waals surface area contributed by atoms with E-state index in [9.17, 15) is 18.9 Å². The van der Waals surface area contributed by atoms with E-state index >= 15 is 0 Å². The molecule has 4 nitrogen and oxygen atoms in total. The topological polar surface area (TPSA) is 52.4 Å². The minimum atomic E-state index is -3.21. The SMILES string of the molecule is O=[N+]([O-])C1(OC(F)F)C=CC(c2ccccc2)C=C1. The average Bonchev–Trinajstić information content (AvgIpc) is 2.39. The maximum Gasteiger partial charge on any atom is 0.368 e. The van der Waals surface area contributed by atoms with Gasteiger partial charge in [0, 0.05) is 18.1 Å². The Balaban J connectivity index is 2.23. The normalized spacial score (nSPS) is 25.7. The summed E-state index contributed by atoms with van der Waals surface area (Å²) in [6.45, 7) is -3.21. The van der Waals surface area contributed by atoms with Crippen molar-refractivity contribution in [1.82, 2.24) is 0 Å². The molecular weight excluding hydrogens is 256 g/mol. The number of hydrogen-bond acceptors (Lipinski definition) is 3. The van der Waals surface area contributed by atoms with Crippen LogP contribution in [0.25, 0.3) is 0 Å². The lowest BCUT2D eigenvalue weighted by molar-refractivity contribution is -0.609. The summed E-state index contributed by atoms with van der Waals surface area (Å²) in [5.41, 5.74) is -1.36. The van der Waals surface area contributed by atoms with E-state index < -0.39 is 17.3 Å². The van der Waals surface area contributed by atoms with E-state index in [0.29, 0.717) is 0 Å². The van der Waals surface area contributed by atoms with Crippen LogP contribution in [0.2, 0.25) is 0 Å². The first-order chi connectivity index (χ1) is 9.03. The molecule has 0 radical (unpaired) electrons. The van der Waals surface area contributed by atoms with Crippen molar-refractivity contribution in [2.24, 2.45) is 0 Å². The van der Waals surface area contributed by atoms with Crippen LogP contribution in [0, 0.1) is 10.1 Å². The van der Waals surface area contributed by atoms with Crippen LogP contribution < -0.4 is 0 Å². The second-order valence-electron chi connectivity index (χ2n) is 4.04. The van der Waals surface area contributed by atoms with Crippen LogP contribution in [0.15, 0.2) is 54.6 Å². The molecule has 0 heterocycles. The number of allylic oxidation sites excluding steroid dienone is 2. The lowest BCUT2D eigenvalue weighted by atomic mass is 9.92. The molecule has 0 fully saturated rings. The molecule has 0 aliphatic heterocycles. The van der Waals surface area contributed by atoms with Gasteiger partial charge >= 0.3 is 12.3 Å². The smallest absolute Gasteiger partial charge is 0.261 e.